The quantitative estimate of drug-likeness (QED) is 0.782. The molecule has 1 atom stereocenters. The van der Waals surface area contributed by atoms with Crippen LogP contribution in [-0.2, 0) is 0 Å². The molecule has 106 valence electrons. The van der Waals surface area contributed by atoms with Gasteiger partial charge < -0.3 is 14.7 Å². The molecule has 1 N–H and O–H groups in total. The molecule has 0 aliphatic heterocycles. The SMILES string of the molecule is CCN(CC)CCC(O)c1ccc(OC2CC2)cc1. The molecule has 0 saturated heterocycles. The van der Waals surface area contributed by atoms with Crippen LogP contribution in [0, 0.1) is 0 Å². The highest BCUT2D eigenvalue weighted by atomic mass is 16.5. The maximum Gasteiger partial charge on any atom is 0.119 e. The highest BCUT2D eigenvalue weighted by molar-refractivity contribution is 5.29. The molecular formula is C16H25NO2. The van der Waals surface area contributed by atoms with E-state index in [0.717, 1.165) is 37.4 Å². The van der Waals surface area contributed by atoms with Crippen molar-refractivity contribution in [3.8, 4) is 5.75 Å². The van der Waals surface area contributed by atoms with Crippen LogP contribution in [0.5, 0.6) is 5.75 Å². The van der Waals surface area contributed by atoms with Crippen molar-refractivity contribution in [3.05, 3.63) is 29.8 Å². The largest absolute Gasteiger partial charge is 0.490 e. The zero-order valence-electron chi connectivity index (χ0n) is 12.0. The normalized spacial score (nSPS) is 16.6. The Morgan fingerprint density at radius 2 is 1.84 bits per heavy atom. The molecule has 1 aromatic carbocycles. The number of benzene rings is 1. The Hall–Kier alpha value is -1.06. The standard InChI is InChI=1S/C16H25NO2/c1-3-17(4-2)12-11-16(18)13-5-7-14(8-6-13)19-15-9-10-15/h5-8,15-16,18H,3-4,9-12H2,1-2H3. The summed E-state index contributed by atoms with van der Waals surface area (Å²) in [5.74, 6) is 0.919. The first-order chi connectivity index (χ1) is 9.22. The summed E-state index contributed by atoms with van der Waals surface area (Å²) >= 11 is 0. The van der Waals surface area contributed by atoms with Gasteiger partial charge in [0.05, 0.1) is 12.2 Å². The molecule has 2 rings (SSSR count). The average molecular weight is 263 g/mol. The first kappa shape index (κ1) is 14.4. The number of nitrogens with zero attached hydrogens (tertiary/aromatic N) is 1. The van der Waals surface area contributed by atoms with E-state index in [4.69, 9.17) is 4.74 Å². The second kappa shape index (κ2) is 6.92. The second-order valence-electron chi connectivity index (χ2n) is 5.22. The summed E-state index contributed by atoms with van der Waals surface area (Å²) in [6.45, 7) is 7.32. The molecule has 19 heavy (non-hydrogen) atoms. The minimum Gasteiger partial charge on any atom is -0.490 e. The van der Waals surface area contributed by atoms with Crippen molar-refractivity contribution in [2.75, 3.05) is 19.6 Å². The van der Waals surface area contributed by atoms with Crippen LogP contribution in [0.1, 0.15) is 44.8 Å². The molecular weight excluding hydrogens is 238 g/mol. The molecule has 1 fully saturated rings. The van der Waals surface area contributed by atoms with Gasteiger partial charge in [-0.2, -0.15) is 0 Å². The van der Waals surface area contributed by atoms with Gasteiger partial charge in [0, 0.05) is 6.54 Å². The predicted octanol–water partition coefficient (Wildman–Crippen LogP) is 2.99. The van der Waals surface area contributed by atoms with Crippen LogP contribution in [0.4, 0.5) is 0 Å². The number of ether oxygens (including phenoxy) is 1. The average Bonchev–Trinajstić information content (AvgIpc) is 3.24. The predicted molar refractivity (Wildman–Crippen MR) is 77.5 cm³/mol. The van der Waals surface area contributed by atoms with E-state index in [1.807, 2.05) is 24.3 Å². The van der Waals surface area contributed by atoms with E-state index in [9.17, 15) is 5.11 Å². The van der Waals surface area contributed by atoms with Crippen molar-refractivity contribution >= 4 is 0 Å². The van der Waals surface area contributed by atoms with Gasteiger partial charge in [-0.25, -0.2) is 0 Å². The minimum atomic E-state index is -0.379. The molecule has 0 heterocycles. The maximum atomic E-state index is 10.2. The molecule has 0 spiro atoms. The topological polar surface area (TPSA) is 32.7 Å². The molecule has 1 saturated carbocycles. The fraction of sp³-hybridized carbons (Fsp3) is 0.625. The Kier molecular flexibility index (Phi) is 5.23. The van der Waals surface area contributed by atoms with Gasteiger partial charge in [-0.3, -0.25) is 0 Å². The summed E-state index contributed by atoms with van der Waals surface area (Å²) in [5, 5.41) is 10.2. The summed E-state index contributed by atoms with van der Waals surface area (Å²) in [5.41, 5.74) is 0.982. The molecule has 1 aliphatic carbocycles. The van der Waals surface area contributed by atoms with Gasteiger partial charge in [0.2, 0.25) is 0 Å². The summed E-state index contributed by atoms with van der Waals surface area (Å²) in [6.07, 6.45) is 3.18. The smallest absolute Gasteiger partial charge is 0.119 e. The molecule has 0 aromatic heterocycles. The molecule has 1 aliphatic rings. The zero-order chi connectivity index (χ0) is 13.7. The van der Waals surface area contributed by atoms with E-state index in [1.165, 1.54) is 12.8 Å². The van der Waals surface area contributed by atoms with Gasteiger partial charge in [-0.15, -0.1) is 0 Å². The van der Waals surface area contributed by atoms with Gasteiger partial charge >= 0.3 is 0 Å². The molecule has 0 bridgehead atoms. The first-order valence-electron chi connectivity index (χ1n) is 7.40. The number of hydrogen-bond donors (Lipinski definition) is 1. The lowest BCUT2D eigenvalue weighted by molar-refractivity contribution is 0.145. The van der Waals surface area contributed by atoms with Crippen molar-refractivity contribution in [2.45, 2.75) is 45.3 Å². The van der Waals surface area contributed by atoms with Crippen LogP contribution in [0.15, 0.2) is 24.3 Å². The number of aliphatic hydroxyl groups excluding tert-OH is 1. The van der Waals surface area contributed by atoms with Crippen LogP contribution < -0.4 is 4.74 Å². The van der Waals surface area contributed by atoms with Crippen LogP contribution in [0.2, 0.25) is 0 Å². The highest BCUT2D eigenvalue weighted by Gasteiger charge is 2.23. The fourth-order valence-electron chi connectivity index (χ4n) is 2.16. The molecule has 1 unspecified atom stereocenters. The van der Waals surface area contributed by atoms with Gasteiger partial charge in [0.25, 0.3) is 0 Å². The van der Waals surface area contributed by atoms with Crippen LogP contribution in [0.25, 0.3) is 0 Å². The number of aliphatic hydroxyl groups is 1. The summed E-state index contributed by atoms with van der Waals surface area (Å²) in [7, 11) is 0. The summed E-state index contributed by atoms with van der Waals surface area (Å²) in [4.78, 5) is 2.33. The van der Waals surface area contributed by atoms with Crippen LogP contribution in [0.3, 0.4) is 0 Å². The molecule has 3 nitrogen and oxygen atoms in total. The summed E-state index contributed by atoms with van der Waals surface area (Å²) in [6, 6.07) is 7.89. The Morgan fingerprint density at radius 1 is 1.21 bits per heavy atom. The minimum absolute atomic E-state index is 0.379. The third-order valence-electron chi connectivity index (χ3n) is 3.71. The third kappa shape index (κ3) is 4.51. The van der Waals surface area contributed by atoms with Gasteiger partial charge in [-0.1, -0.05) is 26.0 Å². The van der Waals surface area contributed by atoms with E-state index in [1.54, 1.807) is 0 Å². The Balaban J connectivity index is 1.82. The first-order valence-corrected chi connectivity index (χ1v) is 7.40. The maximum absolute atomic E-state index is 10.2. The van der Waals surface area contributed by atoms with Crippen molar-refractivity contribution in [1.29, 1.82) is 0 Å². The van der Waals surface area contributed by atoms with Crippen molar-refractivity contribution in [3.63, 3.8) is 0 Å². The molecule has 1 aromatic rings. The van der Waals surface area contributed by atoms with E-state index >= 15 is 0 Å². The van der Waals surface area contributed by atoms with Gasteiger partial charge in [0.15, 0.2) is 0 Å². The monoisotopic (exact) mass is 263 g/mol. The zero-order valence-corrected chi connectivity index (χ0v) is 12.0. The van der Waals surface area contributed by atoms with E-state index in [2.05, 4.69) is 18.7 Å². The Morgan fingerprint density at radius 3 is 2.37 bits per heavy atom. The van der Waals surface area contributed by atoms with Gasteiger partial charge in [-0.05, 0) is 50.0 Å². The van der Waals surface area contributed by atoms with E-state index in [-0.39, 0.29) is 6.10 Å². The number of rotatable bonds is 8. The molecule has 0 radical (unpaired) electrons. The van der Waals surface area contributed by atoms with Crippen LogP contribution in [-0.4, -0.2) is 35.7 Å². The lowest BCUT2D eigenvalue weighted by Crippen LogP contribution is -2.25. The lowest BCUT2D eigenvalue weighted by Gasteiger charge is -2.20. The van der Waals surface area contributed by atoms with E-state index in [0.29, 0.717) is 6.10 Å². The van der Waals surface area contributed by atoms with Crippen molar-refractivity contribution in [2.24, 2.45) is 0 Å². The Bertz CT molecular complexity index is 369. The second-order valence-corrected chi connectivity index (χ2v) is 5.22. The van der Waals surface area contributed by atoms with E-state index < -0.39 is 0 Å². The number of hydrogen-bond acceptors (Lipinski definition) is 3. The van der Waals surface area contributed by atoms with Gasteiger partial charge in [0.1, 0.15) is 5.75 Å². The van der Waals surface area contributed by atoms with Crippen LogP contribution >= 0.6 is 0 Å². The fourth-order valence-corrected chi connectivity index (χ4v) is 2.16. The summed E-state index contributed by atoms with van der Waals surface area (Å²) < 4.78 is 5.70. The lowest BCUT2D eigenvalue weighted by atomic mass is 10.1. The highest BCUT2D eigenvalue weighted by Crippen LogP contribution is 2.28. The van der Waals surface area contributed by atoms with Crippen molar-refractivity contribution < 1.29 is 9.84 Å². The Labute approximate surface area is 116 Å². The molecule has 3 heteroatoms. The molecule has 0 amide bonds. The van der Waals surface area contributed by atoms with Crippen molar-refractivity contribution in [1.82, 2.24) is 4.90 Å². The third-order valence-corrected chi connectivity index (χ3v) is 3.71.